The van der Waals surface area contributed by atoms with Crippen LogP contribution in [0.15, 0.2) is 0 Å². The third-order valence-electron chi connectivity index (χ3n) is 2.38. The predicted molar refractivity (Wildman–Crippen MR) is 62.8 cm³/mol. The van der Waals surface area contributed by atoms with Gasteiger partial charge in [0.25, 0.3) is 0 Å². The zero-order valence-electron chi connectivity index (χ0n) is 10.5. The second-order valence-electron chi connectivity index (χ2n) is 4.05. The van der Waals surface area contributed by atoms with Crippen molar-refractivity contribution in [3.63, 3.8) is 0 Å². The van der Waals surface area contributed by atoms with Crippen molar-refractivity contribution in [3.05, 3.63) is 0 Å². The number of ether oxygens (including phenoxy) is 1. The first-order chi connectivity index (χ1) is 9.24. The van der Waals surface area contributed by atoms with Crippen molar-refractivity contribution in [2.75, 3.05) is 6.61 Å². The van der Waals surface area contributed by atoms with Gasteiger partial charge in [-0.05, 0) is 0 Å². The molecule has 0 heterocycles. The second-order valence-corrected chi connectivity index (χ2v) is 4.05. The molecule has 0 aliphatic carbocycles. The maximum atomic E-state index is 11.4. The van der Waals surface area contributed by atoms with Crippen molar-refractivity contribution >= 4 is 18.2 Å². The lowest BCUT2D eigenvalue weighted by Gasteiger charge is -2.26. The summed E-state index contributed by atoms with van der Waals surface area (Å²) in [6.45, 7) is -0.876. The molecule has 0 aliphatic heterocycles. The van der Waals surface area contributed by atoms with Crippen LogP contribution in [0.5, 0.6) is 0 Å². The van der Waals surface area contributed by atoms with Crippen molar-refractivity contribution in [1.82, 2.24) is 0 Å². The summed E-state index contributed by atoms with van der Waals surface area (Å²) >= 11 is 0. The first-order valence-corrected chi connectivity index (χ1v) is 5.59. The molecule has 0 saturated heterocycles. The Balaban J connectivity index is 4.65. The van der Waals surface area contributed by atoms with Crippen molar-refractivity contribution in [2.45, 2.75) is 36.9 Å². The number of aliphatic hydroxyl groups excluding tert-OH is 4. The number of aldehydes is 1. The largest absolute Gasteiger partial charge is 0.451 e. The predicted octanol–water partition coefficient (Wildman–Crippen LogP) is -4.63. The van der Waals surface area contributed by atoms with Crippen LogP contribution < -0.4 is 11.5 Å². The lowest BCUT2D eigenvalue weighted by Crippen LogP contribution is -2.49. The van der Waals surface area contributed by atoms with Crippen molar-refractivity contribution < 1.29 is 39.5 Å². The lowest BCUT2D eigenvalue weighted by atomic mass is 10.0. The third kappa shape index (κ3) is 5.59. The van der Waals surface area contributed by atoms with Crippen LogP contribution >= 0.6 is 0 Å². The van der Waals surface area contributed by atoms with E-state index in [0.717, 1.165) is 0 Å². The minimum atomic E-state index is -1.97. The first kappa shape index (κ1) is 18.4. The Hall–Kier alpha value is -1.59. The van der Waals surface area contributed by atoms with Gasteiger partial charge in [0.15, 0.2) is 12.4 Å². The van der Waals surface area contributed by atoms with Crippen LogP contribution in [0, 0.1) is 0 Å². The van der Waals surface area contributed by atoms with Gasteiger partial charge >= 0.3 is 5.97 Å². The normalized spacial score (nSPS) is 18.4. The third-order valence-corrected chi connectivity index (χ3v) is 2.38. The Labute approximate surface area is 113 Å². The molecule has 1 amide bonds. The number of hydrogen-bond donors (Lipinski definition) is 6. The lowest BCUT2D eigenvalue weighted by molar-refractivity contribution is -0.169. The van der Waals surface area contributed by atoms with Crippen molar-refractivity contribution in [3.8, 4) is 0 Å². The molecule has 10 nitrogen and oxygen atoms in total. The van der Waals surface area contributed by atoms with E-state index in [4.69, 9.17) is 21.7 Å². The van der Waals surface area contributed by atoms with E-state index in [0.29, 0.717) is 0 Å². The van der Waals surface area contributed by atoms with Crippen LogP contribution in [0.4, 0.5) is 0 Å². The summed E-state index contributed by atoms with van der Waals surface area (Å²) in [5.74, 6) is -2.06. The molecule has 0 aromatic heterocycles. The van der Waals surface area contributed by atoms with Crippen LogP contribution in [0.2, 0.25) is 0 Å². The van der Waals surface area contributed by atoms with E-state index in [1.165, 1.54) is 0 Å². The Morgan fingerprint density at radius 2 is 1.75 bits per heavy atom. The van der Waals surface area contributed by atoms with Gasteiger partial charge in [-0.25, -0.2) is 0 Å². The highest BCUT2D eigenvalue weighted by Gasteiger charge is 2.34. The topological polar surface area (TPSA) is 193 Å². The fourth-order valence-electron chi connectivity index (χ4n) is 1.23. The zero-order valence-corrected chi connectivity index (χ0v) is 10.5. The van der Waals surface area contributed by atoms with E-state index in [2.05, 4.69) is 4.74 Å². The molecule has 5 atom stereocenters. The van der Waals surface area contributed by atoms with Crippen LogP contribution in [0.25, 0.3) is 0 Å². The highest BCUT2D eigenvalue weighted by atomic mass is 16.6. The van der Waals surface area contributed by atoms with E-state index in [9.17, 15) is 24.6 Å². The number of carbonyl (C=O) groups excluding carboxylic acids is 3. The van der Waals surface area contributed by atoms with Gasteiger partial charge in [0, 0.05) is 0 Å². The number of primary amides is 1. The maximum absolute atomic E-state index is 11.4. The second kappa shape index (κ2) is 8.55. The summed E-state index contributed by atoms with van der Waals surface area (Å²) < 4.78 is 4.50. The number of aliphatic hydroxyl groups is 4. The molecule has 0 radical (unpaired) electrons. The molecule has 10 heteroatoms. The highest BCUT2D eigenvalue weighted by molar-refractivity contribution is 5.85. The van der Waals surface area contributed by atoms with E-state index >= 15 is 0 Å². The minimum Gasteiger partial charge on any atom is -0.451 e. The monoisotopic (exact) mass is 294 g/mol. The fourth-order valence-corrected chi connectivity index (χ4v) is 1.23. The highest BCUT2D eigenvalue weighted by Crippen LogP contribution is 2.08. The summed E-state index contributed by atoms with van der Waals surface area (Å²) in [6.07, 6.45) is -7.97. The summed E-state index contributed by atoms with van der Waals surface area (Å²) in [6, 6.07) is -1.43. The number of amides is 1. The number of carbonyl (C=O) groups is 3. The summed E-state index contributed by atoms with van der Waals surface area (Å²) in [5.41, 5.74) is 10.1. The number of esters is 1. The number of rotatable bonds is 9. The molecule has 0 fully saturated rings. The molecular weight excluding hydrogens is 276 g/mol. The van der Waals surface area contributed by atoms with E-state index in [-0.39, 0.29) is 6.29 Å². The molecule has 8 N–H and O–H groups in total. The fraction of sp³-hybridized carbons (Fsp3) is 0.700. The van der Waals surface area contributed by atoms with Gasteiger partial charge < -0.3 is 36.6 Å². The average molecular weight is 294 g/mol. The molecule has 0 aromatic rings. The van der Waals surface area contributed by atoms with Crippen LogP contribution in [-0.2, 0) is 19.1 Å². The van der Waals surface area contributed by atoms with Crippen molar-refractivity contribution in [2.24, 2.45) is 11.5 Å². The van der Waals surface area contributed by atoms with Gasteiger partial charge in [0.1, 0.15) is 24.4 Å². The van der Waals surface area contributed by atoms with Gasteiger partial charge in [-0.1, -0.05) is 0 Å². The summed E-state index contributed by atoms with van der Waals surface area (Å²) in [7, 11) is 0. The minimum absolute atomic E-state index is 0.00681. The zero-order chi connectivity index (χ0) is 15.9. The molecule has 0 aromatic carbocycles. The quantitative estimate of drug-likeness (QED) is 0.179. The average Bonchev–Trinajstić information content (AvgIpc) is 2.40. The summed E-state index contributed by atoms with van der Waals surface area (Å²) in [5, 5.41) is 36.6. The van der Waals surface area contributed by atoms with Crippen LogP contribution in [-0.4, -0.2) is 75.7 Å². The molecule has 0 saturated carbocycles. The molecule has 116 valence electrons. The molecule has 0 rings (SSSR count). The molecule has 0 spiro atoms. The maximum Gasteiger partial charge on any atom is 0.324 e. The van der Waals surface area contributed by atoms with E-state index in [1.54, 1.807) is 0 Å². The van der Waals surface area contributed by atoms with Crippen LogP contribution in [0.1, 0.15) is 6.42 Å². The summed E-state index contributed by atoms with van der Waals surface area (Å²) in [4.78, 5) is 32.7. The standard InChI is InChI=1S/C10H18N2O8/c11-4(1-7(12)16)10(19)20-6(3-14)9(18)8(17)5(15)2-13/h3-6,8-9,13,15,17-18H,1-2,11H2,(H2,12,16)/t4-,5+,6+,8+,9+/m0/s1. The smallest absolute Gasteiger partial charge is 0.324 e. The molecular formula is C10H18N2O8. The molecule has 20 heavy (non-hydrogen) atoms. The van der Waals surface area contributed by atoms with Gasteiger partial charge in [-0.3, -0.25) is 14.4 Å². The first-order valence-electron chi connectivity index (χ1n) is 5.59. The Bertz CT molecular complexity index is 350. The Kier molecular flexibility index (Phi) is 7.87. The van der Waals surface area contributed by atoms with Crippen LogP contribution in [0.3, 0.4) is 0 Å². The SMILES string of the molecule is NC(=O)C[C@H](N)C(=O)O[C@H](C=O)[C@@H](O)[C@H](O)[C@H](O)CO. The number of hydrogen-bond acceptors (Lipinski definition) is 9. The molecule has 0 bridgehead atoms. The van der Waals surface area contributed by atoms with E-state index < -0.39 is 55.4 Å². The van der Waals surface area contributed by atoms with Gasteiger partial charge in [-0.15, -0.1) is 0 Å². The molecule has 0 aliphatic rings. The van der Waals surface area contributed by atoms with Gasteiger partial charge in [0.2, 0.25) is 5.91 Å². The Morgan fingerprint density at radius 3 is 2.15 bits per heavy atom. The molecule has 0 unspecified atom stereocenters. The van der Waals surface area contributed by atoms with E-state index in [1.807, 2.05) is 0 Å². The van der Waals surface area contributed by atoms with Gasteiger partial charge in [-0.2, -0.15) is 0 Å². The van der Waals surface area contributed by atoms with Gasteiger partial charge in [0.05, 0.1) is 13.0 Å². The number of nitrogens with two attached hydrogens (primary N) is 2. The Morgan fingerprint density at radius 1 is 1.20 bits per heavy atom. The van der Waals surface area contributed by atoms with Crippen molar-refractivity contribution in [1.29, 1.82) is 0 Å².